The Hall–Kier alpha value is -3.22. The summed E-state index contributed by atoms with van der Waals surface area (Å²) in [5, 5.41) is 9.54. The van der Waals surface area contributed by atoms with E-state index in [2.05, 4.69) is 0 Å². The minimum atomic E-state index is -1.11. The van der Waals surface area contributed by atoms with Crippen LogP contribution in [0.1, 0.15) is 5.56 Å². The van der Waals surface area contributed by atoms with Gasteiger partial charge < -0.3 is 25.2 Å². The van der Waals surface area contributed by atoms with Crippen molar-refractivity contribution in [3.05, 3.63) is 54.1 Å². The predicted octanol–water partition coefficient (Wildman–Crippen LogP) is 2.07. The van der Waals surface area contributed by atoms with Crippen LogP contribution in [0.4, 0.5) is 10.5 Å². The maximum absolute atomic E-state index is 12.7. The summed E-state index contributed by atoms with van der Waals surface area (Å²) >= 11 is 0. The van der Waals surface area contributed by atoms with Gasteiger partial charge in [-0.15, -0.1) is 0 Å². The molecule has 0 saturated carbocycles. The number of carbonyl (C=O) groups is 2. The van der Waals surface area contributed by atoms with Crippen LogP contribution in [0, 0.1) is 0 Å². The van der Waals surface area contributed by atoms with Crippen LogP contribution in [-0.4, -0.2) is 37.4 Å². The number of rotatable bonds is 6. The molecule has 1 atom stereocenters. The number of hydrogen-bond acceptors (Lipinski definition) is 5. The topological polar surface area (TPSA) is 102 Å². The molecule has 0 heterocycles. The van der Waals surface area contributed by atoms with Crippen molar-refractivity contribution in [3.63, 3.8) is 0 Å². The highest BCUT2D eigenvalue weighted by molar-refractivity contribution is 5.97. The van der Waals surface area contributed by atoms with Gasteiger partial charge in [-0.05, 0) is 42.0 Å². The number of phenolic OH excluding ortho intramolecular Hbond substituents is 1. The summed E-state index contributed by atoms with van der Waals surface area (Å²) in [5.74, 6) is 0.285. The smallest absolute Gasteiger partial charge is 0.405 e. The number of aromatic hydroxyl groups is 1. The fourth-order valence-electron chi connectivity index (χ4n) is 2.37. The Balaban J connectivity index is 2.19. The van der Waals surface area contributed by atoms with E-state index >= 15 is 0 Å². The van der Waals surface area contributed by atoms with Crippen LogP contribution in [-0.2, 0) is 16.0 Å². The van der Waals surface area contributed by atoms with Crippen molar-refractivity contribution in [1.82, 2.24) is 0 Å². The molecular formula is C18H20N2O5. The van der Waals surface area contributed by atoms with Crippen LogP contribution in [0.2, 0.25) is 0 Å². The number of nitrogens with two attached hydrogens (primary N) is 1. The Morgan fingerprint density at radius 1 is 1.20 bits per heavy atom. The van der Waals surface area contributed by atoms with Crippen molar-refractivity contribution in [2.24, 2.45) is 5.73 Å². The van der Waals surface area contributed by atoms with Gasteiger partial charge in [0.2, 0.25) is 0 Å². The fraction of sp³-hybridized carbons (Fsp3) is 0.222. The number of carbonyl (C=O) groups excluding carboxylic acids is 2. The molecule has 3 N–H and O–H groups in total. The zero-order valence-corrected chi connectivity index (χ0v) is 14.0. The molecular weight excluding hydrogens is 324 g/mol. The summed E-state index contributed by atoms with van der Waals surface area (Å²) in [7, 11) is 3.12. The lowest BCUT2D eigenvalue weighted by molar-refractivity contribution is -0.126. The summed E-state index contributed by atoms with van der Waals surface area (Å²) in [6.45, 7) is 0. The van der Waals surface area contributed by atoms with Gasteiger partial charge in [0.1, 0.15) is 11.5 Å². The van der Waals surface area contributed by atoms with Crippen molar-refractivity contribution in [2.45, 2.75) is 12.5 Å². The first-order chi connectivity index (χ1) is 11.9. The Bertz CT molecular complexity index is 745. The monoisotopic (exact) mass is 344 g/mol. The number of amides is 2. The SMILES string of the molecule is COc1ccc(N(C)C(=O)C(Cc2cccc(O)c2)OC(N)=O)cc1. The van der Waals surface area contributed by atoms with Gasteiger partial charge in [-0.1, -0.05) is 12.1 Å². The Morgan fingerprint density at radius 2 is 1.88 bits per heavy atom. The molecule has 0 aliphatic carbocycles. The van der Waals surface area contributed by atoms with E-state index in [1.54, 1.807) is 50.6 Å². The molecule has 2 rings (SSSR count). The molecule has 1 unspecified atom stereocenters. The van der Waals surface area contributed by atoms with Gasteiger partial charge in [0.05, 0.1) is 7.11 Å². The molecule has 2 aromatic carbocycles. The van der Waals surface area contributed by atoms with Gasteiger partial charge >= 0.3 is 6.09 Å². The van der Waals surface area contributed by atoms with Crippen LogP contribution in [0.15, 0.2) is 48.5 Å². The Morgan fingerprint density at radius 3 is 2.44 bits per heavy atom. The number of anilines is 1. The minimum absolute atomic E-state index is 0.0614. The molecule has 0 spiro atoms. The minimum Gasteiger partial charge on any atom is -0.508 e. The molecule has 25 heavy (non-hydrogen) atoms. The van der Waals surface area contributed by atoms with Gasteiger partial charge in [-0.25, -0.2) is 4.79 Å². The second-order valence-electron chi connectivity index (χ2n) is 5.39. The first-order valence-corrected chi connectivity index (χ1v) is 7.56. The molecule has 0 radical (unpaired) electrons. The number of primary amides is 1. The number of likely N-dealkylation sites (N-methyl/N-ethyl adjacent to an activating group) is 1. The maximum atomic E-state index is 12.7. The van der Waals surface area contributed by atoms with Crippen LogP contribution in [0.3, 0.4) is 0 Å². The first-order valence-electron chi connectivity index (χ1n) is 7.56. The molecule has 0 bridgehead atoms. The number of hydrogen-bond donors (Lipinski definition) is 2. The molecule has 132 valence electrons. The summed E-state index contributed by atoms with van der Waals surface area (Å²) < 4.78 is 10.1. The van der Waals surface area contributed by atoms with Crippen molar-refractivity contribution in [3.8, 4) is 11.5 Å². The van der Waals surface area contributed by atoms with Crippen LogP contribution in [0.25, 0.3) is 0 Å². The highest BCUT2D eigenvalue weighted by Crippen LogP contribution is 2.21. The summed E-state index contributed by atoms with van der Waals surface area (Å²) in [6, 6.07) is 13.2. The van der Waals surface area contributed by atoms with Crippen LogP contribution >= 0.6 is 0 Å². The van der Waals surface area contributed by atoms with Crippen molar-refractivity contribution in [2.75, 3.05) is 19.1 Å². The molecule has 0 aliphatic heterocycles. The van der Waals surface area contributed by atoms with Crippen LogP contribution < -0.4 is 15.4 Å². The number of benzene rings is 2. The van der Waals surface area contributed by atoms with Gasteiger partial charge in [0.25, 0.3) is 5.91 Å². The van der Waals surface area contributed by atoms with E-state index in [-0.39, 0.29) is 12.2 Å². The zero-order chi connectivity index (χ0) is 18.4. The lowest BCUT2D eigenvalue weighted by Crippen LogP contribution is -2.41. The number of nitrogens with zero attached hydrogens (tertiary/aromatic N) is 1. The first kappa shape index (κ1) is 18.1. The van der Waals surface area contributed by atoms with E-state index in [0.29, 0.717) is 17.0 Å². The highest BCUT2D eigenvalue weighted by atomic mass is 16.6. The largest absolute Gasteiger partial charge is 0.508 e. The molecule has 7 heteroatoms. The van der Waals surface area contributed by atoms with Crippen LogP contribution in [0.5, 0.6) is 11.5 Å². The van der Waals surface area contributed by atoms with E-state index in [9.17, 15) is 14.7 Å². The summed E-state index contributed by atoms with van der Waals surface area (Å²) in [5.41, 5.74) is 6.35. The number of ether oxygens (including phenoxy) is 2. The third kappa shape index (κ3) is 4.87. The van der Waals surface area contributed by atoms with E-state index < -0.39 is 18.1 Å². The molecule has 0 fully saturated rings. The quantitative estimate of drug-likeness (QED) is 0.835. The molecule has 2 amide bonds. The second-order valence-corrected chi connectivity index (χ2v) is 5.39. The third-order valence-corrected chi connectivity index (χ3v) is 3.66. The van der Waals surface area contributed by atoms with Gasteiger partial charge in [0.15, 0.2) is 6.10 Å². The highest BCUT2D eigenvalue weighted by Gasteiger charge is 2.26. The molecule has 7 nitrogen and oxygen atoms in total. The Kier molecular flexibility index (Phi) is 5.84. The Labute approximate surface area is 145 Å². The van der Waals surface area contributed by atoms with Gasteiger partial charge in [-0.2, -0.15) is 0 Å². The van der Waals surface area contributed by atoms with E-state index in [4.69, 9.17) is 15.2 Å². The molecule has 0 aliphatic rings. The average Bonchev–Trinajstić information content (AvgIpc) is 2.59. The van der Waals surface area contributed by atoms with E-state index in [0.717, 1.165) is 0 Å². The maximum Gasteiger partial charge on any atom is 0.405 e. The second kappa shape index (κ2) is 8.05. The lowest BCUT2D eigenvalue weighted by atomic mass is 10.1. The lowest BCUT2D eigenvalue weighted by Gasteiger charge is -2.23. The summed E-state index contributed by atoms with van der Waals surface area (Å²) in [6.07, 6.45) is -2.05. The zero-order valence-electron chi connectivity index (χ0n) is 14.0. The standard InChI is InChI=1S/C18H20N2O5/c1-20(13-6-8-15(24-2)9-7-13)17(22)16(25-18(19)23)11-12-4-3-5-14(21)10-12/h3-10,16,21H,11H2,1-2H3,(H2,19,23). The van der Waals surface area contributed by atoms with Crippen molar-refractivity contribution in [1.29, 1.82) is 0 Å². The van der Waals surface area contributed by atoms with Gasteiger partial charge in [0, 0.05) is 19.2 Å². The number of methoxy groups -OCH3 is 1. The molecule has 0 saturated heterocycles. The molecule has 0 aromatic heterocycles. The normalized spacial score (nSPS) is 11.4. The van der Waals surface area contributed by atoms with Gasteiger partial charge in [-0.3, -0.25) is 4.79 Å². The number of phenols is 1. The van der Waals surface area contributed by atoms with Crippen molar-refractivity contribution >= 4 is 17.7 Å². The van der Waals surface area contributed by atoms with E-state index in [1.165, 1.54) is 17.0 Å². The fourth-order valence-corrected chi connectivity index (χ4v) is 2.37. The summed E-state index contributed by atoms with van der Waals surface area (Å²) in [4.78, 5) is 25.3. The average molecular weight is 344 g/mol. The van der Waals surface area contributed by atoms with Crippen molar-refractivity contribution < 1.29 is 24.2 Å². The van der Waals surface area contributed by atoms with E-state index in [1.807, 2.05) is 0 Å². The third-order valence-electron chi connectivity index (χ3n) is 3.66. The molecule has 2 aromatic rings. The predicted molar refractivity (Wildman–Crippen MR) is 92.7 cm³/mol.